The Hall–Kier alpha value is -1.85. The Balaban J connectivity index is 2.33. The molecule has 0 radical (unpaired) electrons. The van der Waals surface area contributed by atoms with Crippen molar-refractivity contribution in [1.29, 1.82) is 0 Å². The zero-order valence-corrected chi connectivity index (χ0v) is 10.8. The fourth-order valence-electron chi connectivity index (χ4n) is 1.46. The van der Waals surface area contributed by atoms with Crippen LogP contribution in [0.2, 0.25) is 5.02 Å². The van der Waals surface area contributed by atoms with Crippen LogP contribution in [0.5, 0.6) is 11.6 Å². The quantitative estimate of drug-likeness (QED) is 0.659. The number of aromatic nitrogens is 2. The van der Waals surface area contributed by atoms with Crippen LogP contribution < -0.4 is 16.0 Å². The van der Waals surface area contributed by atoms with Crippen molar-refractivity contribution in [3.63, 3.8) is 0 Å². The van der Waals surface area contributed by atoms with Crippen LogP contribution in [0.3, 0.4) is 0 Å². The molecular weight excluding hydrogens is 252 g/mol. The minimum atomic E-state index is 0.300. The van der Waals surface area contributed by atoms with E-state index in [0.717, 1.165) is 11.3 Å². The minimum absolute atomic E-state index is 0.300. The average Bonchev–Trinajstić information content (AvgIpc) is 2.33. The number of rotatable bonds is 3. The van der Waals surface area contributed by atoms with E-state index in [1.165, 1.54) is 0 Å². The molecule has 1 aromatic heterocycles. The second kappa shape index (κ2) is 5.20. The van der Waals surface area contributed by atoms with Crippen LogP contribution in [-0.4, -0.2) is 9.97 Å². The van der Waals surface area contributed by atoms with E-state index in [1.54, 1.807) is 12.1 Å². The van der Waals surface area contributed by atoms with E-state index >= 15 is 0 Å². The number of halogens is 1. The maximum atomic E-state index is 6.05. The molecule has 0 spiro atoms. The van der Waals surface area contributed by atoms with E-state index in [4.69, 9.17) is 22.2 Å². The van der Waals surface area contributed by atoms with Gasteiger partial charge in [-0.05, 0) is 31.5 Å². The summed E-state index contributed by atoms with van der Waals surface area (Å²) in [6.45, 7) is 3.79. The lowest BCUT2D eigenvalue weighted by Gasteiger charge is -2.09. The molecule has 5 nitrogen and oxygen atoms in total. The molecule has 0 atom stereocenters. The van der Waals surface area contributed by atoms with Crippen molar-refractivity contribution in [3.05, 3.63) is 40.5 Å². The van der Waals surface area contributed by atoms with Gasteiger partial charge in [-0.3, -0.25) is 5.43 Å². The number of hydrogen-bond acceptors (Lipinski definition) is 5. The number of nitrogen functional groups attached to an aromatic ring is 1. The molecule has 94 valence electrons. The van der Waals surface area contributed by atoms with Crippen molar-refractivity contribution < 1.29 is 4.74 Å². The Labute approximate surface area is 110 Å². The number of benzene rings is 1. The summed E-state index contributed by atoms with van der Waals surface area (Å²) in [6, 6.07) is 7.24. The Morgan fingerprint density at radius 1 is 1.22 bits per heavy atom. The Kier molecular flexibility index (Phi) is 3.64. The maximum Gasteiger partial charge on any atom is 0.240 e. The number of nitrogens with zero attached hydrogens (tertiary/aromatic N) is 2. The van der Waals surface area contributed by atoms with Crippen molar-refractivity contribution in [2.45, 2.75) is 13.8 Å². The third kappa shape index (κ3) is 2.88. The standard InChI is InChI=1S/C12H13ClN4O/c1-7-3-4-9(13)10(5-7)18-11-6-8(2)15-12(16-11)17-14/h3-6H,14H2,1-2H3,(H,15,16,17). The van der Waals surface area contributed by atoms with Crippen LogP contribution >= 0.6 is 11.6 Å². The Bertz CT molecular complexity index is 574. The molecule has 2 aromatic rings. The van der Waals surface area contributed by atoms with Gasteiger partial charge in [0.1, 0.15) is 5.75 Å². The van der Waals surface area contributed by atoms with Gasteiger partial charge in [-0.2, -0.15) is 4.98 Å². The molecule has 1 heterocycles. The van der Waals surface area contributed by atoms with Crippen molar-refractivity contribution in [1.82, 2.24) is 9.97 Å². The van der Waals surface area contributed by atoms with E-state index in [2.05, 4.69) is 15.4 Å². The van der Waals surface area contributed by atoms with Crippen molar-refractivity contribution in [2.75, 3.05) is 5.43 Å². The molecule has 2 rings (SSSR count). The van der Waals surface area contributed by atoms with Gasteiger partial charge in [0.05, 0.1) is 5.02 Å². The number of hydrazine groups is 1. The lowest BCUT2D eigenvalue weighted by atomic mass is 10.2. The van der Waals surface area contributed by atoms with Gasteiger partial charge in [-0.25, -0.2) is 10.8 Å². The fraction of sp³-hybridized carbons (Fsp3) is 0.167. The van der Waals surface area contributed by atoms with Crippen LogP contribution in [0.25, 0.3) is 0 Å². The first-order valence-corrected chi connectivity index (χ1v) is 5.72. The fourth-order valence-corrected chi connectivity index (χ4v) is 1.61. The van der Waals surface area contributed by atoms with Gasteiger partial charge in [0, 0.05) is 11.8 Å². The predicted octanol–water partition coefficient (Wildman–Crippen LogP) is 2.82. The number of nitrogens with one attached hydrogen (secondary N) is 1. The van der Waals surface area contributed by atoms with Crippen LogP contribution in [0.1, 0.15) is 11.3 Å². The summed E-state index contributed by atoms with van der Waals surface area (Å²) in [7, 11) is 0. The highest BCUT2D eigenvalue weighted by Gasteiger charge is 2.07. The number of ether oxygens (including phenoxy) is 1. The zero-order valence-electron chi connectivity index (χ0n) is 10.1. The number of anilines is 1. The highest BCUT2D eigenvalue weighted by atomic mass is 35.5. The summed E-state index contributed by atoms with van der Waals surface area (Å²) < 4.78 is 5.63. The molecular formula is C12H13ClN4O. The molecule has 6 heteroatoms. The third-order valence-electron chi connectivity index (χ3n) is 2.26. The minimum Gasteiger partial charge on any atom is -0.437 e. The van der Waals surface area contributed by atoms with Gasteiger partial charge in [0.25, 0.3) is 0 Å². The lowest BCUT2D eigenvalue weighted by molar-refractivity contribution is 0.461. The second-order valence-electron chi connectivity index (χ2n) is 3.85. The SMILES string of the molecule is Cc1ccc(Cl)c(Oc2cc(C)nc(NN)n2)c1. The number of nitrogens with two attached hydrogens (primary N) is 1. The predicted molar refractivity (Wildman–Crippen MR) is 70.8 cm³/mol. The van der Waals surface area contributed by atoms with E-state index in [9.17, 15) is 0 Å². The van der Waals surface area contributed by atoms with Crippen LogP contribution in [0.4, 0.5) is 5.95 Å². The molecule has 0 aliphatic rings. The number of hydrogen-bond donors (Lipinski definition) is 2. The van der Waals surface area contributed by atoms with Crippen molar-refractivity contribution in [2.24, 2.45) is 5.84 Å². The Morgan fingerprint density at radius 2 is 2.00 bits per heavy atom. The molecule has 18 heavy (non-hydrogen) atoms. The molecule has 0 unspecified atom stereocenters. The van der Waals surface area contributed by atoms with Crippen molar-refractivity contribution >= 4 is 17.5 Å². The molecule has 0 aliphatic carbocycles. The summed E-state index contributed by atoms with van der Waals surface area (Å²) in [6.07, 6.45) is 0. The van der Waals surface area contributed by atoms with E-state index < -0.39 is 0 Å². The van der Waals surface area contributed by atoms with E-state index in [0.29, 0.717) is 22.6 Å². The molecule has 3 N–H and O–H groups in total. The van der Waals surface area contributed by atoms with Crippen LogP contribution in [0.15, 0.2) is 24.3 Å². The summed E-state index contributed by atoms with van der Waals surface area (Å²) in [4.78, 5) is 8.16. The molecule has 0 amide bonds. The molecule has 0 saturated carbocycles. The normalized spacial score (nSPS) is 10.2. The summed E-state index contributed by atoms with van der Waals surface area (Å²) in [5.74, 6) is 6.52. The summed E-state index contributed by atoms with van der Waals surface area (Å²) in [5.41, 5.74) is 4.18. The molecule has 0 aliphatic heterocycles. The topological polar surface area (TPSA) is 73.1 Å². The zero-order chi connectivity index (χ0) is 13.1. The van der Waals surface area contributed by atoms with Crippen molar-refractivity contribution in [3.8, 4) is 11.6 Å². The van der Waals surface area contributed by atoms with Gasteiger partial charge in [-0.15, -0.1) is 0 Å². The average molecular weight is 265 g/mol. The van der Waals surface area contributed by atoms with E-state index in [-0.39, 0.29) is 0 Å². The first-order valence-electron chi connectivity index (χ1n) is 5.35. The first-order chi connectivity index (χ1) is 8.58. The highest BCUT2D eigenvalue weighted by molar-refractivity contribution is 6.32. The molecule has 1 aromatic carbocycles. The first kappa shape index (κ1) is 12.6. The van der Waals surface area contributed by atoms with Gasteiger partial charge in [-0.1, -0.05) is 17.7 Å². The smallest absolute Gasteiger partial charge is 0.240 e. The van der Waals surface area contributed by atoms with E-state index in [1.807, 2.05) is 26.0 Å². The lowest BCUT2D eigenvalue weighted by Crippen LogP contribution is -2.11. The van der Waals surface area contributed by atoms with Gasteiger partial charge in [0.15, 0.2) is 0 Å². The second-order valence-corrected chi connectivity index (χ2v) is 4.26. The number of aryl methyl sites for hydroxylation is 2. The van der Waals surface area contributed by atoms with Gasteiger partial charge >= 0.3 is 0 Å². The Morgan fingerprint density at radius 3 is 2.72 bits per heavy atom. The highest BCUT2D eigenvalue weighted by Crippen LogP contribution is 2.29. The van der Waals surface area contributed by atoms with Gasteiger partial charge in [0.2, 0.25) is 11.8 Å². The monoisotopic (exact) mass is 264 g/mol. The summed E-state index contributed by atoms with van der Waals surface area (Å²) >= 11 is 6.05. The van der Waals surface area contributed by atoms with Crippen LogP contribution in [0, 0.1) is 13.8 Å². The molecule has 0 bridgehead atoms. The largest absolute Gasteiger partial charge is 0.437 e. The van der Waals surface area contributed by atoms with Gasteiger partial charge < -0.3 is 4.74 Å². The van der Waals surface area contributed by atoms with Crippen LogP contribution in [-0.2, 0) is 0 Å². The third-order valence-corrected chi connectivity index (χ3v) is 2.57. The summed E-state index contributed by atoms with van der Waals surface area (Å²) in [5, 5.41) is 0.527. The maximum absolute atomic E-state index is 6.05. The molecule has 0 saturated heterocycles. The molecule has 0 fully saturated rings.